The van der Waals surface area contributed by atoms with E-state index in [1.54, 1.807) is 20.8 Å². The van der Waals surface area contributed by atoms with Crippen LogP contribution in [0.1, 0.15) is 20.8 Å². The summed E-state index contributed by atoms with van der Waals surface area (Å²) >= 11 is 0. The maximum absolute atomic E-state index is 12.2. The minimum atomic E-state index is -4.79. The summed E-state index contributed by atoms with van der Waals surface area (Å²) in [6, 6.07) is 4.65. The highest BCUT2D eigenvalue weighted by Gasteiger charge is 2.31. The monoisotopic (exact) mass is 342 g/mol. The highest BCUT2D eigenvalue weighted by molar-refractivity contribution is 6.03. The van der Waals surface area contributed by atoms with Crippen LogP contribution in [0.5, 0.6) is 5.75 Å². The third-order valence-corrected chi connectivity index (χ3v) is 2.40. The zero-order valence-corrected chi connectivity index (χ0v) is 13.3. The first-order chi connectivity index (χ1) is 11.1. The Labute approximate surface area is 137 Å². The summed E-state index contributed by atoms with van der Waals surface area (Å²) < 4.78 is 40.3. The van der Waals surface area contributed by atoms with Gasteiger partial charge in [0.05, 0.1) is 5.69 Å². The van der Waals surface area contributed by atoms with Gasteiger partial charge in [0, 0.05) is 12.3 Å². The number of halogens is 3. The van der Waals surface area contributed by atoms with Gasteiger partial charge in [-0.05, 0) is 45.0 Å². The van der Waals surface area contributed by atoms with E-state index in [2.05, 4.69) is 14.8 Å². The molecule has 130 valence electrons. The van der Waals surface area contributed by atoms with E-state index in [9.17, 15) is 18.0 Å². The highest BCUT2D eigenvalue weighted by atomic mass is 19.4. The van der Waals surface area contributed by atoms with Crippen molar-refractivity contribution in [2.45, 2.75) is 27.1 Å². The number of nitrogens with two attached hydrogens (primary N) is 1. The van der Waals surface area contributed by atoms with E-state index < -0.39 is 18.0 Å². The molecule has 0 atom stereocenters. The topological polar surface area (TPSA) is 80.3 Å². The number of ether oxygens (including phenoxy) is 1. The molecule has 0 aromatic heterocycles. The smallest absolute Gasteiger partial charge is 0.406 e. The fraction of sp³-hybridized carbons (Fsp3) is 0.267. The molecule has 0 heterocycles. The zero-order chi connectivity index (χ0) is 18.3. The third-order valence-electron chi connectivity index (χ3n) is 2.40. The standard InChI is InChI=1S/C15H17F3N4O2/c1-4-20-14(19)21-22(13(23)9-10(2)3)11-5-7-12(8-6-11)24-15(16,17)18/h4-9H,1-3H3,(H2,19,21)/b20-4-. The molecule has 9 heteroatoms. The van der Waals surface area contributed by atoms with Crippen molar-refractivity contribution in [3.8, 4) is 5.75 Å². The number of rotatable bonds is 4. The Hall–Kier alpha value is -2.84. The lowest BCUT2D eigenvalue weighted by Gasteiger charge is -2.16. The van der Waals surface area contributed by atoms with E-state index in [-0.39, 0.29) is 11.6 Å². The van der Waals surface area contributed by atoms with Crippen LogP contribution in [0.15, 0.2) is 46.0 Å². The van der Waals surface area contributed by atoms with Crippen LogP contribution < -0.4 is 15.5 Å². The maximum Gasteiger partial charge on any atom is 0.573 e. The number of carbonyl (C=O) groups is 1. The maximum atomic E-state index is 12.2. The molecule has 0 fully saturated rings. The first kappa shape index (κ1) is 19.2. The molecule has 0 unspecified atom stereocenters. The Balaban J connectivity index is 3.17. The van der Waals surface area contributed by atoms with Crippen LogP contribution in [0.4, 0.5) is 18.9 Å². The number of benzene rings is 1. The summed E-state index contributed by atoms with van der Waals surface area (Å²) in [5, 5.41) is 4.80. The number of amides is 1. The van der Waals surface area contributed by atoms with Crippen molar-refractivity contribution in [3.63, 3.8) is 0 Å². The van der Waals surface area contributed by atoms with Gasteiger partial charge in [0.1, 0.15) is 5.75 Å². The van der Waals surface area contributed by atoms with Crippen molar-refractivity contribution in [1.29, 1.82) is 0 Å². The Morgan fingerprint density at radius 3 is 2.29 bits per heavy atom. The summed E-state index contributed by atoms with van der Waals surface area (Å²) in [5.74, 6) is -1.11. The number of carbonyl (C=O) groups excluding carboxylic acids is 1. The second-order valence-corrected chi connectivity index (χ2v) is 4.76. The minimum Gasteiger partial charge on any atom is -0.406 e. The van der Waals surface area contributed by atoms with Crippen LogP contribution in [0.3, 0.4) is 0 Å². The molecule has 2 N–H and O–H groups in total. The highest BCUT2D eigenvalue weighted by Crippen LogP contribution is 2.25. The molecule has 24 heavy (non-hydrogen) atoms. The van der Waals surface area contributed by atoms with Gasteiger partial charge in [-0.25, -0.2) is 4.99 Å². The Morgan fingerprint density at radius 1 is 1.25 bits per heavy atom. The second kappa shape index (κ2) is 8.14. The molecular formula is C15H17F3N4O2. The largest absolute Gasteiger partial charge is 0.573 e. The number of aliphatic imine (C=N–C) groups is 1. The molecule has 0 aliphatic heterocycles. The van der Waals surface area contributed by atoms with Gasteiger partial charge in [-0.2, -0.15) is 5.01 Å². The Morgan fingerprint density at radius 2 is 1.83 bits per heavy atom. The average Bonchev–Trinajstić information content (AvgIpc) is 2.43. The van der Waals surface area contributed by atoms with Crippen molar-refractivity contribution < 1.29 is 22.7 Å². The van der Waals surface area contributed by atoms with Gasteiger partial charge in [0.2, 0.25) is 5.96 Å². The molecule has 1 aromatic carbocycles. The number of anilines is 1. The zero-order valence-electron chi connectivity index (χ0n) is 13.3. The molecule has 6 nitrogen and oxygen atoms in total. The summed E-state index contributed by atoms with van der Waals surface area (Å²) in [6.07, 6.45) is -2.09. The van der Waals surface area contributed by atoms with Gasteiger partial charge in [-0.15, -0.1) is 18.3 Å². The van der Waals surface area contributed by atoms with Gasteiger partial charge in [0.15, 0.2) is 0 Å². The van der Waals surface area contributed by atoms with Gasteiger partial charge in [0.25, 0.3) is 5.91 Å². The number of hydrogen-bond acceptors (Lipinski definition) is 3. The quantitative estimate of drug-likeness (QED) is 0.395. The molecule has 1 rings (SSSR count). The third kappa shape index (κ3) is 6.51. The van der Waals surface area contributed by atoms with E-state index in [0.29, 0.717) is 0 Å². The van der Waals surface area contributed by atoms with Crippen LogP contribution in [0, 0.1) is 0 Å². The average molecular weight is 342 g/mol. The lowest BCUT2D eigenvalue weighted by molar-refractivity contribution is -0.274. The van der Waals surface area contributed by atoms with Crippen LogP contribution >= 0.6 is 0 Å². The van der Waals surface area contributed by atoms with Gasteiger partial charge < -0.3 is 10.5 Å². The van der Waals surface area contributed by atoms with Crippen molar-refractivity contribution >= 4 is 23.8 Å². The van der Waals surface area contributed by atoms with Crippen molar-refractivity contribution in [2.24, 2.45) is 15.8 Å². The lowest BCUT2D eigenvalue weighted by atomic mass is 10.2. The molecule has 1 aromatic rings. The number of guanidine groups is 1. The predicted molar refractivity (Wildman–Crippen MR) is 85.8 cm³/mol. The molecule has 1 amide bonds. The summed E-state index contributed by atoms with van der Waals surface area (Å²) in [7, 11) is 0. The Bertz CT molecular complexity index is 660. The molecule has 0 radical (unpaired) electrons. The fourth-order valence-electron chi connectivity index (χ4n) is 1.59. The summed E-state index contributed by atoms with van der Waals surface area (Å²) in [4.78, 5) is 16.0. The predicted octanol–water partition coefficient (Wildman–Crippen LogP) is 3.20. The van der Waals surface area contributed by atoms with E-state index in [4.69, 9.17) is 5.73 Å². The second-order valence-electron chi connectivity index (χ2n) is 4.76. The molecule has 0 aliphatic rings. The van der Waals surface area contributed by atoms with E-state index in [1.165, 1.54) is 24.4 Å². The molecule has 0 aliphatic carbocycles. The lowest BCUT2D eigenvalue weighted by Crippen LogP contribution is -2.27. The molecule has 0 saturated heterocycles. The Kier molecular flexibility index (Phi) is 6.51. The first-order valence-electron chi connectivity index (χ1n) is 6.80. The van der Waals surface area contributed by atoms with Crippen LogP contribution in [0.25, 0.3) is 0 Å². The van der Waals surface area contributed by atoms with Crippen molar-refractivity contribution in [1.82, 2.24) is 0 Å². The van der Waals surface area contributed by atoms with Gasteiger partial charge in [-0.3, -0.25) is 4.79 Å². The molecular weight excluding hydrogens is 325 g/mol. The van der Waals surface area contributed by atoms with E-state index in [1.807, 2.05) is 0 Å². The summed E-state index contributed by atoms with van der Waals surface area (Å²) in [6.45, 7) is 5.05. The van der Waals surface area contributed by atoms with E-state index >= 15 is 0 Å². The minimum absolute atomic E-state index is 0.177. The molecule has 0 bridgehead atoms. The number of hydrazone groups is 1. The van der Waals surface area contributed by atoms with Crippen molar-refractivity contribution in [3.05, 3.63) is 35.9 Å². The van der Waals surface area contributed by atoms with E-state index in [0.717, 1.165) is 22.7 Å². The fourth-order valence-corrected chi connectivity index (χ4v) is 1.59. The normalized spacial score (nSPS) is 12.2. The number of alkyl halides is 3. The number of allylic oxidation sites excluding steroid dienone is 1. The van der Waals surface area contributed by atoms with Crippen LogP contribution in [-0.2, 0) is 4.79 Å². The molecule has 0 spiro atoms. The first-order valence-corrected chi connectivity index (χ1v) is 6.80. The number of nitrogens with zero attached hydrogens (tertiary/aromatic N) is 3. The van der Waals surface area contributed by atoms with Gasteiger partial charge >= 0.3 is 6.36 Å². The van der Waals surface area contributed by atoms with Crippen LogP contribution in [0.2, 0.25) is 0 Å². The SMILES string of the molecule is C/C=N\C(N)=N/N(C(=O)C=C(C)C)c1ccc(OC(F)(F)F)cc1. The van der Waals surface area contributed by atoms with Gasteiger partial charge in [-0.1, -0.05) is 5.57 Å². The van der Waals surface area contributed by atoms with Crippen LogP contribution in [-0.4, -0.2) is 24.4 Å². The number of hydrogen-bond donors (Lipinski definition) is 1. The molecule has 0 saturated carbocycles. The summed E-state index contributed by atoms with van der Waals surface area (Å²) in [5.41, 5.74) is 6.50. The van der Waals surface area contributed by atoms with Crippen molar-refractivity contribution in [2.75, 3.05) is 5.01 Å².